The van der Waals surface area contributed by atoms with Gasteiger partial charge in [0.25, 0.3) is 0 Å². The van der Waals surface area contributed by atoms with Crippen molar-refractivity contribution < 1.29 is 5.11 Å². The molecule has 0 aliphatic heterocycles. The number of nitrogens with zero attached hydrogens (tertiary/aromatic N) is 1. The summed E-state index contributed by atoms with van der Waals surface area (Å²) in [7, 11) is 0. The van der Waals surface area contributed by atoms with Crippen LogP contribution in [0, 0.1) is 0 Å². The molecule has 0 bridgehead atoms. The Bertz CT molecular complexity index is 406. The quantitative estimate of drug-likeness (QED) is 0.744. The number of hydrogen-bond acceptors (Lipinski definition) is 2. The highest BCUT2D eigenvalue weighted by Crippen LogP contribution is 2.09. The Morgan fingerprint density at radius 2 is 1.75 bits per heavy atom. The molecule has 0 radical (unpaired) electrons. The van der Waals surface area contributed by atoms with Crippen molar-refractivity contribution in [3.63, 3.8) is 0 Å². The zero-order chi connectivity index (χ0) is 11.2. The molecule has 2 rings (SSSR count). The molecule has 3 nitrogen and oxygen atoms in total. The first-order valence-corrected chi connectivity index (χ1v) is 5.44. The summed E-state index contributed by atoms with van der Waals surface area (Å²) in [5, 5.41) is 11.8. The number of rotatable bonds is 5. The van der Waals surface area contributed by atoms with Crippen LogP contribution in [0.2, 0.25) is 0 Å². The molecule has 0 saturated carbocycles. The first-order chi connectivity index (χ1) is 7.90. The van der Waals surface area contributed by atoms with Gasteiger partial charge in [-0.15, -0.1) is 0 Å². The molecular weight excluding hydrogens is 200 g/mol. The van der Waals surface area contributed by atoms with E-state index in [0.29, 0.717) is 6.54 Å². The standard InChI is InChI=1S/C13H16N2O/c16-10-7-14-11-12-3-5-13(6-4-12)15-8-1-2-9-15/h1-6,8-9,14,16H,7,10-11H2. The van der Waals surface area contributed by atoms with Gasteiger partial charge in [0.05, 0.1) is 6.61 Å². The molecule has 0 aliphatic rings. The van der Waals surface area contributed by atoms with E-state index in [1.165, 1.54) is 5.56 Å². The first-order valence-electron chi connectivity index (χ1n) is 5.44. The molecule has 84 valence electrons. The summed E-state index contributed by atoms with van der Waals surface area (Å²) >= 11 is 0. The summed E-state index contributed by atoms with van der Waals surface area (Å²) in [6.45, 7) is 1.62. The van der Waals surface area contributed by atoms with Crippen LogP contribution < -0.4 is 5.32 Å². The molecule has 1 aromatic carbocycles. The summed E-state index contributed by atoms with van der Waals surface area (Å²) in [6, 6.07) is 12.4. The molecule has 0 unspecified atom stereocenters. The molecule has 2 N–H and O–H groups in total. The minimum atomic E-state index is 0.182. The molecule has 0 fully saturated rings. The SMILES string of the molecule is OCCNCc1ccc(-n2cccc2)cc1. The van der Waals surface area contributed by atoms with Gasteiger partial charge in [-0.25, -0.2) is 0 Å². The van der Waals surface area contributed by atoms with Crippen LogP contribution in [0.4, 0.5) is 0 Å². The van der Waals surface area contributed by atoms with Crippen molar-refractivity contribution in [1.82, 2.24) is 9.88 Å². The summed E-state index contributed by atoms with van der Waals surface area (Å²) in [5.41, 5.74) is 2.39. The fraction of sp³-hybridized carbons (Fsp3) is 0.231. The number of benzene rings is 1. The molecule has 1 aromatic heterocycles. The second-order valence-electron chi connectivity index (χ2n) is 3.66. The highest BCUT2D eigenvalue weighted by atomic mass is 16.3. The van der Waals surface area contributed by atoms with E-state index in [1.54, 1.807) is 0 Å². The van der Waals surface area contributed by atoms with Crippen LogP contribution in [0.25, 0.3) is 5.69 Å². The lowest BCUT2D eigenvalue weighted by molar-refractivity contribution is 0.292. The van der Waals surface area contributed by atoms with Gasteiger partial charge in [-0.1, -0.05) is 12.1 Å². The van der Waals surface area contributed by atoms with Crippen molar-refractivity contribution in [2.45, 2.75) is 6.54 Å². The number of aromatic nitrogens is 1. The Kier molecular flexibility index (Phi) is 3.75. The van der Waals surface area contributed by atoms with E-state index in [4.69, 9.17) is 5.11 Å². The van der Waals surface area contributed by atoms with Crippen molar-refractivity contribution >= 4 is 0 Å². The molecule has 3 heteroatoms. The maximum absolute atomic E-state index is 8.65. The van der Waals surface area contributed by atoms with Gasteiger partial charge in [0.15, 0.2) is 0 Å². The minimum Gasteiger partial charge on any atom is -0.395 e. The van der Waals surface area contributed by atoms with Gasteiger partial charge in [0, 0.05) is 31.2 Å². The van der Waals surface area contributed by atoms with E-state index in [0.717, 1.165) is 12.2 Å². The van der Waals surface area contributed by atoms with Gasteiger partial charge in [-0.05, 0) is 29.8 Å². The number of nitrogens with one attached hydrogen (secondary N) is 1. The highest BCUT2D eigenvalue weighted by molar-refractivity contribution is 5.35. The van der Waals surface area contributed by atoms with E-state index in [-0.39, 0.29) is 6.61 Å². The van der Waals surface area contributed by atoms with Crippen LogP contribution >= 0.6 is 0 Å². The zero-order valence-electron chi connectivity index (χ0n) is 9.13. The summed E-state index contributed by atoms with van der Waals surface area (Å²) < 4.78 is 2.07. The second kappa shape index (κ2) is 5.49. The largest absolute Gasteiger partial charge is 0.395 e. The predicted octanol–water partition coefficient (Wildman–Crippen LogP) is 1.56. The van der Waals surface area contributed by atoms with Gasteiger partial charge in [-0.3, -0.25) is 0 Å². The van der Waals surface area contributed by atoms with Crippen LogP contribution in [0.3, 0.4) is 0 Å². The predicted molar refractivity (Wildman–Crippen MR) is 64.6 cm³/mol. The monoisotopic (exact) mass is 216 g/mol. The van der Waals surface area contributed by atoms with Gasteiger partial charge in [0.2, 0.25) is 0 Å². The number of aliphatic hydroxyl groups is 1. The average molecular weight is 216 g/mol. The van der Waals surface area contributed by atoms with E-state index in [2.05, 4.69) is 34.1 Å². The molecule has 0 saturated heterocycles. The molecule has 0 aliphatic carbocycles. The van der Waals surface area contributed by atoms with Gasteiger partial charge in [-0.2, -0.15) is 0 Å². The first kappa shape index (κ1) is 10.9. The van der Waals surface area contributed by atoms with Crippen LogP contribution in [0.1, 0.15) is 5.56 Å². The minimum absolute atomic E-state index is 0.182. The van der Waals surface area contributed by atoms with Gasteiger partial charge >= 0.3 is 0 Å². The fourth-order valence-corrected chi connectivity index (χ4v) is 1.60. The highest BCUT2D eigenvalue weighted by Gasteiger charge is 1.95. The van der Waals surface area contributed by atoms with Crippen molar-refractivity contribution in [1.29, 1.82) is 0 Å². The Labute approximate surface area is 95.3 Å². The fourth-order valence-electron chi connectivity index (χ4n) is 1.60. The average Bonchev–Trinajstić information content (AvgIpc) is 2.84. The molecule has 0 amide bonds. The Morgan fingerprint density at radius 1 is 1.06 bits per heavy atom. The van der Waals surface area contributed by atoms with Crippen molar-refractivity contribution in [2.75, 3.05) is 13.2 Å². The lowest BCUT2D eigenvalue weighted by Crippen LogP contribution is -2.17. The Hall–Kier alpha value is -1.58. The normalized spacial score (nSPS) is 10.6. The van der Waals surface area contributed by atoms with E-state index < -0.39 is 0 Å². The molecule has 2 aromatic rings. The summed E-state index contributed by atoms with van der Waals surface area (Å²) in [4.78, 5) is 0. The van der Waals surface area contributed by atoms with E-state index in [1.807, 2.05) is 24.5 Å². The van der Waals surface area contributed by atoms with Crippen LogP contribution in [-0.4, -0.2) is 22.8 Å². The smallest absolute Gasteiger partial charge is 0.0556 e. The van der Waals surface area contributed by atoms with Gasteiger partial charge < -0.3 is 15.0 Å². The van der Waals surface area contributed by atoms with Crippen LogP contribution in [0.15, 0.2) is 48.8 Å². The Balaban J connectivity index is 2.00. The van der Waals surface area contributed by atoms with E-state index in [9.17, 15) is 0 Å². The Morgan fingerprint density at radius 3 is 2.38 bits per heavy atom. The third-order valence-corrected chi connectivity index (χ3v) is 2.46. The topological polar surface area (TPSA) is 37.2 Å². The summed E-state index contributed by atoms with van der Waals surface area (Å²) in [5.74, 6) is 0. The third-order valence-electron chi connectivity index (χ3n) is 2.46. The van der Waals surface area contributed by atoms with Crippen molar-refractivity contribution in [3.8, 4) is 5.69 Å². The van der Waals surface area contributed by atoms with Gasteiger partial charge in [0.1, 0.15) is 0 Å². The zero-order valence-corrected chi connectivity index (χ0v) is 9.13. The van der Waals surface area contributed by atoms with Crippen LogP contribution in [0.5, 0.6) is 0 Å². The van der Waals surface area contributed by atoms with Crippen molar-refractivity contribution in [3.05, 3.63) is 54.4 Å². The van der Waals surface area contributed by atoms with Crippen LogP contribution in [-0.2, 0) is 6.54 Å². The molecule has 0 spiro atoms. The maximum Gasteiger partial charge on any atom is 0.0556 e. The lowest BCUT2D eigenvalue weighted by atomic mass is 10.2. The third kappa shape index (κ3) is 2.72. The second-order valence-corrected chi connectivity index (χ2v) is 3.66. The summed E-state index contributed by atoms with van der Waals surface area (Å²) in [6.07, 6.45) is 4.05. The van der Waals surface area contributed by atoms with E-state index >= 15 is 0 Å². The van der Waals surface area contributed by atoms with Crippen molar-refractivity contribution in [2.24, 2.45) is 0 Å². The number of aliphatic hydroxyl groups excluding tert-OH is 1. The maximum atomic E-state index is 8.65. The molecular formula is C13H16N2O. The lowest BCUT2D eigenvalue weighted by Gasteiger charge is -2.06. The number of hydrogen-bond donors (Lipinski definition) is 2. The molecule has 16 heavy (non-hydrogen) atoms. The molecule has 0 atom stereocenters. The molecule has 1 heterocycles.